The summed E-state index contributed by atoms with van der Waals surface area (Å²) in [6.07, 6.45) is -4.34. The molecule has 2 N–H and O–H groups in total. The summed E-state index contributed by atoms with van der Waals surface area (Å²) in [4.78, 5) is 40.0. The Kier molecular flexibility index (Phi) is 9.04. The van der Waals surface area contributed by atoms with Crippen molar-refractivity contribution in [1.29, 1.82) is 0 Å². The number of alkyl halides is 2. The molecule has 1 aromatic heterocycles. The van der Waals surface area contributed by atoms with Crippen LogP contribution in [0.1, 0.15) is 33.4 Å². The summed E-state index contributed by atoms with van der Waals surface area (Å²) >= 11 is 0. The standard InChI is InChI=1S/C26H37F2N4O8PSi/c1-25(2,3)42(5,6)40-21-19(38-23(26(21,27)28)32-15-13-20(33)29-24(32)35)16-37-41(36,39-17-10-8-7-9-11-17)30-18-12-14-31(4)22(18)34/h7-11,13,15,18-19,21,23H,12,14,16H2,1-6H3,(H,30,36)(H,29,33,35)/t18?,19-,21-,23-,41?/m1/s1. The summed E-state index contributed by atoms with van der Waals surface area (Å²) in [5.41, 5.74) is -1.85. The van der Waals surface area contributed by atoms with E-state index in [0.717, 1.165) is 12.3 Å². The highest BCUT2D eigenvalue weighted by Crippen LogP contribution is 2.50. The Morgan fingerprint density at radius 1 is 1.17 bits per heavy atom. The Labute approximate surface area is 243 Å². The third kappa shape index (κ3) is 6.76. The lowest BCUT2D eigenvalue weighted by Crippen LogP contribution is -2.52. The molecule has 1 amide bonds. The van der Waals surface area contributed by atoms with Crippen LogP contribution in [0.2, 0.25) is 18.1 Å². The van der Waals surface area contributed by atoms with Gasteiger partial charge in [-0.1, -0.05) is 39.0 Å². The molecule has 0 bridgehead atoms. The van der Waals surface area contributed by atoms with Crippen LogP contribution in [0.5, 0.6) is 5.75 Å². The number of aromatic nitrogens is 2. The molecule has 2 aromatic rings. The van der Waals surface area contributed by atoms with Crippen LogP contribution in [0, 0.1) is 0 Å². The van der Waals surface area contributed by atoms with Crippen LogP contribution in [0.15, 0.2) is 52.2 Å². The number of nitrogens with one attached hydrogen (secondary N) is 2. The number of carbonyl (C=O) groups is 1. The van der Waals surface area contributed by atoms with Crippen LogP contribution in [0.25, 0.3) is 0 Å². The van der Waals surface area contributed by atoms with Crippen molar-refractivity contribution in [2.24, 2.45) is 0 Å². The predicted octanol–water partition coefficient (Wildman–Crippen LogP) is 3.48. The highest BCUT2D eigenvalue weighted by Gasteiger charge is 2.63. The fourth-order valence-corrected chi connectivity index (χ4v) is 7.21. The third-order valence-corrected chi connectivity index (χ3v) is 13.8. The van der Waals surface area contributed by atoms with E-state index in [0.29, 0.717) is 17.5 Å². The molecule has 16 heteroatoms. The van der Waals surface area contributed by atoms with E-state index in [1.54, 1.807) is 38.3 Å². The molecule has 4 rings (SSSR count). The van der Waals surface area contributed by atoms with Gasteiger partial charge in [-0.15, -0.1) is 0 Å². The summed E-state index contributed by atoms with van der Waals surface area (Å²) < 4.78 is 70.0. The minimum Gasteiger partial charge on any atom is -0.413 e. The number of halogens is 2. The van der Waals surface area contributed by atoms with Crippen molar-refractivity contribution in [3.63, 3.8) is 0 Å². The van der Waals surface area contributed by atoms with Crippen molar-refractivity contribution in [1.82, 2.24) is 19.5 Å². The lowest BCUT2D eigenvalue weighted by Gasteiger charge is -2.40. The summed E-state index contributed by atoms with van der Waals surface area (Å²) in [6.45, 7) is 8.93. The lowest BCUT2D eigenvalue weighted by molar-refractivity contribution is -0.138. The molecule has 2 saturated heterocycles. The number of aromatic amines is 1. The molecule has 2 aliphatic heterocycles. The summed E-state index contributed by atoms with van der Waals surface area (Å²) in [5.74, 6) is -3.93. The van der Waals surface area contributed by atoms with Gasteiger partial charge in [0.2, 0.25) is 12.1 Å². The van der Waals surface area contributed by atoms with E-state index in [-0.39, 0.29) is 11.7 Å². The van der Waals surface area contributed by atoms with Gasteiger partial charge < -0.3 is 18.6 Å². The average Bonchev–Trinajstić information content (AvgIpc) is 3.32. The van der Waals surface area contributed by atoms with E-state index in [2.05, 4.69) is 5.09 Å². The first kappa shape index (κ1) is 32.2. The van der Waals surface area contributed by atoms with Gasteiger partial charge in [0.05, 0.1) is 12.6 Å². The molecule has 2 aliphatic rings. The van der Waals surface area contributed by atoms with Crippen molar-refractivity contribution in [2.45, 2.75) is 75.7 Å². The number of likely N-dealkylation sites (N-methyl/N-ethyl adjacent to an activating group) is 1. The second-order valence-electron chi connectivity index (χ2n) is 11.9. The Morgan fingerprint density at radius 3 is 2.40 bits per heavy atom. The second kappa shape index (κ2) is 11.8. The molecule has 0 spiro atoms. The van der Waals surface area contributed by atoms with E-state index in [1.165, 1.54) is 17.0 Å². The molecule has 2 unspecified atom stereocenters. The van der Waals surface area contributed by atoms with Gasteiger partial charge >= 0.3 is 19.4 Å². The molecule has 0 radical (unpaired) electrons. The average molecular weight is 631 g/mol. The molecular formula is C26H37F2N4O8PSi. The number of rotatable bonds is 10. The van der Waals surface area contributed by atoms with Gasteiger partial charge in [0, 0.05) is 25.9 Å². The first-order valence-electron chi connectivity index (χ1n) is 13.5. The van der Waals surface area contributed by atoms with Crippen molar-refractivity contribution in [2.75, 3.05) is 20.2 Å². The van der Waals surface area contributed by atoms with Gasteiger partial charge in [-0.2, -0.15) is 13.9 Å². The SMILES string of the molecule is CN1CCC(NP(=O)(OC[C@H]2O[C@@H](n3ccc(=O)[nH]c3=O)C(F)(F)[C@@H]2O[Si](C)(C)C(C)(C)C)Oc2ccccc2)C1=O. The Bertz CT molecular complexity index is 1450. The monoisotopic (exact) mass is 630 g/mol. The van der Waals surface area contributed by atoms with Crippen LogP contribution >= 0.6 is 7.75 Å². The third-order valence-electron chi connectivity index (χ3n) is 7.80. The number of likely N-dealkylation sites (tertiary alicyclic amines) is 1. The first-order chi connectivity index (χ1) is 19.4. The van der Waals surface area contributed by atoms with Crippen LogP contribution < -0.4 is 20.9 Å². The zero-order valence-corrected chi connectivity index (χ0v) is 26.2. The molecule has 232 valence electrons. The Morgan fingerprint density at radius 2 is 1.83 bits per heavy atom. The minimum atomic E-state index is -4.35. The number of carbonyl (C=O) groups excluding carboxylic acids is 1. The van der Waals surface area contributed by atoms with Gasteiger partial charge in [-0.05, 0) is 36.7 Å². The summed E-state index contributed by atoms with van der Waals surface area (Å²) in [6, 6.07) is 8.11. The van der Waals surface area contributed by atoms with Gasteiger partial charge in [0.25, 0.3) is 5.56 Å². The smallest absolute Gasteiger partial charge is 0.413 e. The van der Waals surface area contributed by atoms with Crippen molar-refractivity contribution in [3.8, 4) is 5.75 Å². The maximum absolute atomic E-state index is 16.1. The quantitative estimate of drug-likeness (QED) is 0.298. The molecule has 42 heavy (non-hydrogen) atoms. The van der Waals surface area contributed by atoms with Gasteiger partial charge in [-0.3, -0.25) is 23.7 Å². The van der Waals surface area contributed by atoms with E-state index >= 15 is 8.78 Å². The first-order valence-corrected chi connectivity index (χ1v) is 17.9. The molecule has 0 aliphatic carbocycles. The van der Waals surface area contributed by atoms with Crippen LogP contribution in [-0.4, -0.2) is 73.0 Å². The van der Waals surface area contributed by atoms with Gasteiger partial charge in [0.1, 0.15) is 18.0 Å². The van der Waals surface area contributed by atoms with E-state index in [9.17, 15) is 18.9 Å². The maximum Gasteiger partial charge on any atom is 0.459 e. The molecule has 2 fully saturated rings. The van der Waals surface area contributed by atoms with Gasteiger partial charge in [-0.25, -0.2) is 9.36 Å². The van der Waals surface area contributed by atoms with E-state index < -0.39 is 69.4 Å². The van der Waals surface area contributed by atoms with Crippen molar-refractivity contribution < 1.29 is 36.4 Å². The number of nitrogens with zero attached hydrogens (tertiary/aromatic N) is 2. The largest absolute Gasteiger partial charge is 0.459 e. The molecule has 12 nitrogen and oxygen atoms in total. The number of benzene rings is 1. The summed E-state index contributed by atoms with van der Waals surface area (Å²) in [5, 5.41) is 2.19. The van der Waals surface area contributed by atoms with Crippen molar-refractivity contribution in [3.05, 3.63) is 63.4 Å². The minimum absolute atomic E-state index is 0.163. The number of ether oxygens (including phenoxy) is 1. The van der Waals surface area contributed by atoms with Crippen molar-refractivity contribution >= 4 is 22.0 Å². The molecular weight excluding hydrogens is 593 g/mol. The highest BCUT2D eigenvalue weighted by molar-refractivity contribution is 7.52. The number of amides is 1. The number of para-hydroxylation sites is 1. The highest BCUT2D eigenvalue weighted by atomic mass is 31.2. The number of H-pyrrole nitrogens is 1. The number of hydrogen-bond donors (Lipinski definition) is 2. The fourth-order valence-electron chi connectivity index (χ4n) is 4.37. The van der Waals surface area contributed by atoms with E-state index in [1.807, 2.05) is 25.8 Å². The predicted molar refractivity (Wildman–Crippen MR) is 152 cm³/mol. The molecule has 5 atom stereocenters. The van der Waals surface area contributed by atoms with Crippen LogP contribution in [0.4, 0.5) is 8.78 Å². The van der Waals surface area contributed by atoms with Crippen LogP contribution in [0.3, 0.4) is 0 Å². The maximum atomic E-state index is 16.1. The summed E-state index contributed by atoms with van der Waals surface area (Å²) in [7, 11) is -5.61. The normalized spacial score (nSPS) is 25.9. The molecule has 1 aromatic carbocycles. The Hall–Kier alpha value is -2.68. The molecule has 0 saturated carbocycles. The Balaban J connectivity index is 1.66. The molecule has 3 heterocycles. The zero-order chi connectivity index (χ0) is 31.1. The topological polar surface area (TPSA) is 141 Å². The fraction of sp³-hybridized carbons (Fsp3) is 0.577. The van der Waals surface area contributed by atoms with E-state index in [4.69, 9.17) is 18.2 Å². The van der Waals surface area contributed by atoms with Crippen LogP contribution in [-0.2, 0) is 23.0 Å². The lowest BCUT2D eigenvalue weighted by atomic mass is 10.1. The second-order valence-corrected chi connectivity index (χ2v) is 18.4. The number of hydrogen-bond acceptors (Lipinski definition) is 8. The zero-order valence-electron chi connectivity index (χ0n) is 24.3. The van der Waals surface area contributed by atoms with Gasteiger partial charge in [0.15, 0.2) is 8.32 Å².